The summed E-state index contributed by atoms with van der Waals surface area (Å²) in [5, 5.41) is 0. The number of likely N-dealkylation sites (tertiary alicyclic amines) is 1. The molecule has 0 spiro atoms. The van der Waals surface area contributed by atoms with E-state index in [1.165, 1.54) is 11.1 Å². The fourth-order valence-corrected chi connectivity index (χ4v) is 4.57. The van der Waals surface area contributed by atoms with E-state index < -0.39 is 0 Å². The zero-order chi connectivity index (χ0) is 20.3. The summed E-state index contributed by atoms with van der Waals surface area (Å²) in [4.78, 5) is 19.6. The minimum Gasteiger partial charge on any atom is -0.454 e. The highest BCUT2D eigenvalue weighted by Gasteiger charge is 2.21. The molecule has 0 aromatic heterocycles. The fraction of sp³-hybridized carbons (Fsp3) is 0.458. The molecule has 3 heterocycles. The third-order valence-electron chi connectivity index (χ3n) is 6.28. The predicted molar refractivity (Wildman–Crippen MR) is 115 cm³/mol. The SMILES string of the molecule is O=C(c1cccc(CN2CCN(Cc3ccc4c(c3)OCO4)CC2)c1)N1CCCC1. The van der Waals surface area contributed by atoms with Gasteiger partial charge in [-0.2, -0.15) is 0 Å². The van der Waals surface area contributed by atoms with Crippen LogP contribution in [0.3, 0.4) is 0 Å². The maximum atomic E-state index is 12.7. The number of hydrogen-bond acceptors (Lipinski definition) is 5. The van der Waals surface area contributed by atoms with Crippen LogP contribution in [0.5, 0.6) is 11.5 Å². The van der Waals surface area contributed by atoms with Crippen LogP contribution in [0, 0.1) is 0 Å². The minimum absolute atomic E-state index is 0.183. The van der Waals surface area contributed by atoms with Gasteiger partial charge in [0.25, 0.3) is 5.91 Å². The number of benzene rings is 2. The Hall–Kier alpha value is -2.57. The van der Waals surface area contributed by atoms with E-state index in [-0.39, 0.29) is 5.91 Å². The second kappa shape index (κ2) is 8.66. The molecular formula is C24H29N3O3. The predicted octanol–water partition coefficient (Wildman–Crippen LogP) is 2.97. The van der Waals surface area contributed by atoms with Gasteiger partial charge in [0.15, 0.2) is 11.5 Å². The number of nitrogens with zero attached hydrogens (tertiary/aromatic N) is 3. The lowest BCUT2D eigenvalue weighted by Crippen LogP contribution is -2.45. The molecule has 158 valence electrons. The third kappa shape index (κ3) is 4.30. The van der Waals surface area contributed by atoms with Crippen molar-refractivity contribution in [3.05, 3.63) is 59.2 Å². The number of rotatable bonds is 5. The molecule has 0 N–H and O–H groups in total. The van der Waals surface area contributed by atoms with Gasteiger partial charge in [0.05, 0.1) is 0 Å². The first-order chi connectivity index (χ1) is 14.7. The molecule has 3 aliphatic rings. The number of carbonyl (C=O) groups is 1. The van der Waals surface area contributed by atoms with Gasteiger partial charge in [-0.3, -0.25) is 14.6 Å². The molecule has 2 fully saturated rings. The van der Waals surface area contributed by atoms with Crippen molar-refractivity contribution in [3.63, 3.8) is 0 Å². The molecule has 3 aliphatic heterocycles. The highest BCUT2D eigenvalue weighted by molar-refractivity contribution is 5.94. The van der Waals surface area contributed by atoms with E-state index in [0.717, 1.165) is 82.3 Å². The summed E-state index contributed by atoms with van der Waals surface area (Å²) in [6.45, 7) is 8.11. The summed E-state index contributed by atoms with van der Waals surface area (Å²) >= 11 is 0. The monoisotopic (exact) mass is 407 g/mol. The van der Waals surface area contributed by atoms with E-state index in [1.54, 1.807) is 0 Å². The Morgan fingerprint density at radius 2 is 1.43 bits per heavy atom. The molecule has 0 radical (unpaired) electrons. The Morgan fingerprint density at radius 3 is 2.17 bits per heavy atom. The van der Waals surface area contributed by atoms with Gasteiger partial charge in [-0.25, -0.2) is 0 Å². The summed E-state index contributed by atoms with van der Waals surface area (Å²) in [6, 6.07) is 14.4. The van der Waals surface area contributed by atoms with Crippen molar-refractivity contribution in [2.45, 2.75) is 25.9 Å². The Balaban J connectivity index is 1.14. The molecule has 0 saturated carbocycles. The first-order valence-corrected chi connectivity index (χ1v) is 11.0. The van der Waals surface area contributed by atoms with E-state index in [0.29, 0.717) is 6.79 Å². The molecule has 6 nitrogen and oxygen atoms in total. The Bertz CT molecular complexity index is 902. The van der Waals surface area contributed by atoms with Gasteiger partial charge < -0.3 is 14.4 Å². The van der Waals surface area contributed by atoms with Crippen molar-refractivity contribution in [1.82, 2.24) is 14.7 Å². The van der Waals surface area contributed by atoms with Gasteiger partial charge in [-0.05, 0) is 48.2 Å². The normalized spacial score (nSPS) is 19.4. The maximum Gasteiger partial charge on any atom is 0.253 e. The lowest BCUT2D eigenvalue weighted by Gasteiger charge is -2.34. The van der Waals surface area contributed by atoms with Crippen LogP contribution in [0.15, 0.2) is 42.5 Å². The van der Waals surface area contributed by atoms with Crippen molar-refractivity contribution < 1.29 is 14.3 Å². The topological polar surface area (TPSA) is 45.3 Å². The van der Waals surface area contributed by atoms with Crippen LogP contribution >= 0.6 is 0 Å². The second-order valence-corrected chi connectivity index (χ2v) is 8.44. The average molecular weight is 408 g/mol. The lowest BCUT2D eigenvalue weighted by atomic mass is 10.1. The van der Waals surface area contributed by atoms with Crippen molar-refractivity contribution in [1.29, 1.82) is 0 Å². The highest BCUT2D eigenvalue weighted by Crippen LogP contribution is 2.32. The molecule has 1 amide bonds. The molecule has 30 heavy (non-hydrogen) atoms. The molecule has 0 atom stereocenters. The molecule has 5 rings (SSSR count). The van der Waals surface area contributed by atoms with Crippen molar-refractivity contribution in [2.24, 2.45) is 0 Å². The van der Waals surface area contributed by atoms with E-state index >= 15 is 0 Å². The van der Waals surface area contributed by atoms with E-state index in [9.17, 15) is 4.79 Å². The second-order valence-electron chi connectivity index (χ2n) is 8.44. The largest absolute Gasteiger partial charge is 0.454 e. The van der Waals surface area contributed by atoms with Crippen LogP contribution in [0.1, 0.15) is 34.3 Å². The quantitative estimate of drug-likeness (QED) is 0.763. The van der Waals surface area contributed by atoms with Crippen LogP contribution in [0.25, 0.3) is 0 Å². The van der Waals surface area contributed by atoms with Crippen molar-refractivity contribution >= 4 is 5.91 Å². The molecular weight excluding hydrogens is 378 g/mol. The molecule has 0 bridgehead atoms. The standard InChI is InChI=1S/C24H29N3O3/c28-24(27-8-1-2-9-27)21-5-3-4-19(14-21)16-25-10-12-26(13-11-25)17-20-6-7-22-23(15-20)30-18-29-22/h3-7,14-15H,1-2,8-13,16-18H2. The molecule has 0 unspecified atom stereocenters. The number of piperazine rings is 1. The first-order valence-electron chi connectivity index (χ1n) is 11.0. The first kappa shape index (κ1) is 19.4. The molecule has 2 aromatic rings. The summed E-state index contributed by atoms with van der Waals surface area (Å²) in [6.07, 6.45) is 2.25. The Morgan fingerprint density at radius 1 is 0.767 bits per heavy atom. The van der Waals surface area contributed by atoms with Gasteiger partial charge >= 0.3 is 0 Å². The highest BCUT2D eigenvalue weighted by atomic mass is 16.7. The number of carbonyl (C=O) groups excluding carboxylic acids is 1. The fourth-order valence-electron chi connectivity index (χ4n) is 4.57. The van der Waals surface area contributed by atoms with E-state index in [2.05, 4.69) is 34.1 Å². The van der Waals surface area contributed by atoms with E-state index in [1.807, 2.05) is 23.1 Å². The molecule has 2 aromatic carbocycles. The van der Waals surface area contributed by atoms with E-state index in [4.69, 9.17) is 9.47 Å². The summed E-state index contributed by atoms with van der Waals surface area (Å²) < 4.78 is 10.9. The minimum atomic E-state index is 0.183. The number of hydrogen-bond donors (Lipinski definition) is 0. The Labute approximate surface area is 178 Å². The van der Waals surface area contributed by atoms with Crippen molar-refractivity contribution in [3.8, 4) is 11.5 Å². The smallest absolute Gasteiger partial charge is 0.253 e. The third-order valence-corrected chi connectivity index (χ3v) is 6.28. The summed E-state index contributed by atoms with van der Waals surface area (Å²) in [5.74, 6) is 1.88. The average Bonchev–Trinajstić information content (AvgIpc) is 3.47. The molecule has 6 heteroatoms. The summed E-state index contributed by atoms with van der Waals surface area (Å²) in [7, 11) is 0. The number of fused-ring (bicyclic) bond motifs is 1. The zero-order valence-corrected chi connectivity index (χ0v) is 17.4. The van der Waals surface area contributed by atoms with Crippen LogP contribution < -0.4 is 9.47 Å². The van der Waals surface area contributed by atoms with Gasteiger partial charge in [0.1, 0.15) is 0 Å². The van der Waals surface area contributed by atoms with Crippen LogP contribution in [-0.4, -0.2) is 66.7 Å². The van der Waals surface area contributed by atoms with Crippen LogP contribution in [-0.2, 0) is 13.1 Å². The van der Waals surface area contributed by atoms with Crippen LogP contribution in [0.2, 0.25) is 0 Å². The van der Waals surface area contributed by atoms with Gasteiger partial charge in [-0.1, -0.05) is 18.2 Å². The number of amides is 1. The summed E-state index contributed by atoms with van der Waals surface area (Å²) in [5.41, 5.74) is 3.32. The Kier molecular flexibility index (Phi) is 5.60. The van der Waals surface area contributed by atoms with Gasteiger partial charge in [0.2, 0.25) is 6.79 Å². The van der Waals surface area contributed by atoms with Gasteiger partial charge in [-0.15, -0.1) is 0 Å². The lowest BCUT2D eigenvalue weighted by molar-refractivity contribution is 0.0792. The van der Waals surface area contributed by atoms with Gasteiger partial charge in [0, 0.05) is 57.9 Å². The molecule has 0 aliphatic carbocycles. The number of ether oxygens (including phenoxy) is 2. The maximum absolute atomic E-state index is 12.7. The molecule has 2 saturated heterocycles. The zero-order valence-electron chi connectivity index (χ0n) is 17.4. The van der Waals surface area contributed by atoms with Crippen molar-refractivity contribution in [2.75, 3.05) is 46.1 Å². The van der Waals surface area contributed by atoms with Crippen LogP contribution in [0.4, 0.5) is 0 Å².